The van der Waals surface area contributed by atoms with Crippen LogP contribution in [0.1, 0.15) is 11.1 Å². The van der Waals surface area contributed by atoms with Gasteiger partial charge in [0.2, 0.25) is 5.91 Å². The lowest BCUT2D eigenvalue weighted by Crippen LogP contribution is -2.17. The molecular weight excluding hydrogens is 467 g/mol. The molecule has 0 saturated carbocycles. The molecule has 0 radical (unpaired) electrons. The van der Waals surface area contributed by atoms with E-state index in [0.29, 0.717) is 37.6 Å². The van der Waals surface area contributed by atoms with Gasteiger partial charge in [-0.25, -0.2) is 8.42 Å². The quantitative estimate of drug-likeness (QED) is 0.456. The van der Waals surface area contributed by atoms with Gasteiger partial charge in [-0.15, -0.1) is 0 Å². The second kappa shape index (κ2) is 9.27. The zero-order chi connectivity index (χ0) is 21.9. The minimum absolute atomic E-state index is 0.0600. The molecule has 3 aromatic rings. The van der Waals surface area contributed by atoms with Crippen molar-refractivity contribution in [3.05, 3.63) is 86.9 Å². The molecule has 0 aliphatic carbocycles. The van der Waals surface area contributed by atoms with Gasteiger partial charge < -0.3 is 5.32 Å². The smallest absolute Gasteiger partial charge is 0.262 e. The van der Waals surface area contributed by atoms with E-state index in [0.717, 1.165) is 0 Å². The number of amides is 1. The Hall–Kier alpha value is -2.25. The summed E-state index contributed by atoms with van der Waals surface area (Å²) in [5.74, 6) is -0.314. The van der Waals surface area contributed by atoms with Crippen LogP contribution in [0.2, 0.25) is 15.1 Å². The molecule has 1 amide bonds. The summed E-state index contributed by atoms with van der Waals surface area (Å²) in [6, 6.07) is 15.9. The Kier molecular flexibility index (Phi) is 6.93. The highest BCUT2D eigenvalue weighted by atomic mass is 35.5. The van der Waals surface area contributed by atoms with Gasteiger partial charge in [0.05, 0.1) is 21.4 Å². The van der Waals surface area contributed by atoms with Crippen molar-refractivity contribution in [3.8, 4) is 0 Å². The SMILES string of the molecule is Cc1ccc(NC(=O)Cc2ccc(Cl)c(Cl)c2)cc1S(=O)(=O)Nc1ccc(Cl)cc1. The van der Waals surface area contributed by atoms with Crippen molar-refractivity contribution < 1.29 is 13.2 Å². The van der Waals surface area contributed by atoms with Crippen molar-refractivity contribution in [3.63, 3.8) is 0 Å². The van der Waals surface area contributed by atoms with Crippen molar-refractivity contribution in [1.82, 2.24) is 0 Å². The van der Waals surface area contributed by atoms with E-state index < -0.39 is 10.0 Å². The number of aryl methyl sites for hydroxylation is 1. The molecule has 0 bridgehead atoms. The summed E-state index contributed by atoms with van der Waals surface area (Å²) in [5.41, 5.74) is 1.97. The van der Waals surface area contributed by atoms with E-state index in [4.69, 9.17) is 34.8 Å². The fraction of sp³-hybridized carbons (Fsp3) is 0.0952. The largest absolute Gasteiger partial charge is 0.326 e. The number of rotatable bonds is 6. The Labute approximate surface area is 190 Å². The van der Waals surface area contributed by atoms with E-state index in [2.05, 4.69) is 10.0 Å². The highest BCUT2D eigenvalue weighted by Crippen LogP contribution is 2.25. The number of sulfonamides is 1. The van der Waals surface area contributed by atoms with Crippen molar-refractivity contribution in [2.24, 2.45) is 0 Å². The normalized spacial score (nSPS) is 11.2. The number of anilines is 2. The van der Waals surface area contributed by atoms with Gasteiger partial charge in [-0.2, -0.15) is 0 Å². The molecule has 0 fully saturated rings. The molecule has 0 atom stereocenters. The van der Waals surface area contributed by atoms with Crippen LogP contribution in [0.4, 0.5) is 11.4 Å². The molecule has 5 nitrogen and oxygen atoms in total. The van der Waals surface area contributed by atoms with Crippen molar-refractivity contribution in [2.45, 2.75) is 18.2 Å². The molecule has 0 saturated heterocycles. The number of carbonyl (C=O) groups excluding carboxylic acids is 1. The molecule has 0 heterocycles. The van der Waals surface area contributed by atoms with Crippen LogP contribution in [0.5, 0.6) is 0 Å². The molecule has 156 valence electrons. The predicted octanol–water partition coefficient (Wildman–Crippen LogP) is 5.94. The standard InChI is InChI=1S/C21H17Cl3N2O3S/c1-13-2-6-17(25-21(27)11-14-3-9-18(23)19(24)10-14)12-20(13)30(28,29)26-16-7-4-15(22)5-8-16/h2-10,12,26H,11H2,1H3,(H,25,27). The van der Waals surface area contributed by atoms with Crippen molar-refractivity contribution in [2.75, 3.05) is 10.0 Å². The monoisotopic (exact) mass is 482 g/mol. The Morgan fingerprint density at radius 1 is 0.867 bits per heavy atom. The van der Waals surface area contributed by atoms with Crippen molar-refractivity contribution >= 4 is 62.1 Å². The average molecular weight is 484 g/mol. The second-order valence-corrected chi connectivity index (χ2v) is 9.47. The first-order chi connectivity index (χ1) is 14.1. The van der Waals surface area contributed by atoms with Crippen LogP contribution >= 0.6 is 34.8 Å². The topological polar surface area (TPSA) is 75.3 Å². The molecule has 3 rings (SSSR count). The lowest BCUT2D eigenvalue weighted by Gasteiger charge is -2.13. The number of nitrogens with one attached hydrogen (secondary N) is 2. The van der Waals surface area contributed by atoms with Crippen molar-refractivity contribution in [1.29, 1.82) is 0 Å². The van der Waals surface area contributed by atoms with Crippen LogP contribution < -0.4 is 10.0 Å². The van der Waals surface area contributed by atoms with Crippen LogP contribution in [-0.2, 0) is 21.2 Å². The molecule has 30 heavy (non-hydrogen) atoms. The molecule has 0 aliphatic rings. The number of carbonyl (C=O) groups is 1. The zero-order valence-corrected chi connectivity index (χ0v) is 18.8. The third-order valence-corrected chi connectivity index (χ3v) is 6.72. The predicted molar refractivity (Wildman–Crippen MR) is 122 cm³/mol. The number of hydrogen-bond donors (Lipinski definition) is 2. The van der Waals surface area contributed by atoms with Crippen LogP contribution in [0.15, 0.2) is 65.6 Å². The zero-order valence-electron chi connectivity index (χ0n) is 15.7. The van der Waals surface area contributed by atoms with Gasteiger partial charge in [0.25, 0.3) is 10.0 Å². The van der Waals surface area contributed by atoms with E-state index in [9.17, 15) is 13.2 Å². The van der Waals surface area contributed by atoms with Gasteiger partial charge in [-0.3, -0.25) is 9.52 Å². The maximum Gasteiger partial charge on any atom is 0.262 e. The molecule has 2 N–H and O–H groups in total. The first-order valence-electron chi connectivity index (χ1n) is 8.77. The van der Waals surface area contributed by atoms with Crippen LogP contribution in [0.3, 0.4) is 0 Å². The van der Waals surface area contributed by atoms with Gasteiger partial charge in [0.15, 0.2) is 0 Å². The fourth-order valence-electron chi connectivity index (χ4n) is 2.74. The Morgan fingerprint density at radius 2 is 1.53 bits per heavy atom. The Bertz CT molecular complexity index is 1200. The molecule has 0 aliphatic heterocycles. The third kappa shape index (κ3) is 5.67. The van der Waals surface area contributed by atoms with Crippen LogP contribution in [-0.4, -0.2) is 14.3 Å². The summed E-state index contributed by atoms with van der Waals surface area (Å²) < 4.78 is 28.2. The van der Waals surface area contributed by atoms with Gasteiger partial charge >= 0.3 is 0 Å². The number of hydrogen-bond acceptors (Lipinski definition) is 3. The first kappa shape index (κ1) is 22.4. The average Bonchev–Trinajstić information content (AvgIpc) is 2.68. The lowest BCUT2D eigenvalue weighted by molar-refractivity contribution is -0.115. The molecule has 9 heteroatoms. The lowest BCUT2D eigenvalue weighted by atomic mass is 10.1. The van der Waals surface area contributed by atoms with E-state index in [-0.39, 0.29) is 17.2 Å². The second-order valence-electron chi connectivity index (χ2n) is 6.57. The van der Waals surface area contributed by atoms with E-state index >= 15 is 0 Å². The van der Waals surface area contributed by atoms with Gasteiger partial charge in [0.1, 0.15) is 0 Å². The maximum atomic E-state index is 12.8. The van der Waals surface area contributed by atoms with Crippen LogP contribution in [0.25, 0.3) is 0 Å². The van der Waals surface area contributed by atoms with E-state index in [1.807, 2.05) is 0 Å². The summed E-state index contributed by atoms with van der Waals surface area (Å²) in [5, 5.41) is 3.98. The molecule has 0 unspecified atom stereocenters. The maximum absolute atomic E-state index is 12.8. The molecule has 0 aromatic heterocycles. The van der Waals surface area contributed by atoms with E-state index in [1.165, 1.54) is 6.07 Å². The molecule has 3 aromatic carbocycles. The van der Waals surface area contributed by atoms with E-state index in [1.54, 1.807) is 61.5 Å². The van der Waals surface area contributed by atoms with Gasteiger partial charge in [-0.05, 0) is 66.6 Å². The number of benzene rings is 3. The highest BCUT2D eigenvalue weighted by molar-refractivity contribution is 7.92. The van der Waals surface area contributed by atoms with Crippen LogP contribution in [0, 0.1) is 6.92 Å². The first-order valence-corrected chi connectivity index (χ1v) is 11.4. The van der Waals surface area contributed by atoms with Gasteiger partial charge in [0, 0.05) is 16.4 Å². The minimum atomic E-state index is -3.86. The minimum Gasteiger partial charge on any atom is -0.326 e. The molecule has 0 spiro atoms. The summed E-state index contributed by atoms with van der Waals surface area (Å²) in [6.45, 7) is 1.68. The Morgan fingerprint density at radius 3 is 2.20 bits per heavy atom. The fourth-order valence-corrected chi connectivity index (χ4v) is 4.51. The van der Waals surface area contributed by atoms with Gasteiger partial charge in [-0.1, -0.05) is 46.9 Å². The summed E-state index contributed by atoms with van der Waals surface area (Å²) >= 11 is 17.7. The summed E-state index contributed by atoms with van der Waals surface area (Å²) in [7, 11) is -3.86. The number of halogens is 3. The highest BCUT2D eigenvalue weighted by Gasteiger charge is 2.18. The summed E-state index contributed by atoms with van der Waals surface area (Å²) in [4.78, 5) is 12.4. The summed E-state index contributed by atoms with van der Waals surface area (Å²) in [6.07, 6.45) is 0.0654. The molecular formula is C21H17Cl3N2O3S. The third-order valence-electron chi connectivity index (χ3n) is 4.21. The Balaban J connectivity index is 1.77.